The van der Waals surface area contributed by atoms with Gasteiger partial charge in [-0.1, -0.05) is 12.1 Å². The maximum atomic E-state index is 12.4. The molecule has 0 radical (unpaired) electrons. The summed E-state index contributed by atoms with van der Waals surface area (Å²) in [6, 6.07) is 10.9. The predicted octanol–water partition coefficient (Wildman–Crippen LogP) is 3.08. The normalized spacial score (nSPS) is 10.7. The number of para-hydroxylation sites is 1. The molecule has 0 atom stereocenters. The molecule has 3 rings (SSSR count). The Bertz CT molecular complexity index is 771. The topological polar surface area (TPSA) is 70.7 Å². The number of ketones is 1. The van der Waals surface area contributed by atoms with Gasteiger partial charge in [0.2, 0.25) is 5.78 Å². The van der Waals surface area contributed by atoms with E-state index in [0.717, 1.165) is 0 Å². The number of phenols is 2. The summed E-state index contributed by atoms with van der Waals surface area (Å²) in [5, 5.41) is 19.7. The number of furan rings is 1. The van der Waals surface area contributed by atoms with E-state index >= 15 is 0 Å². The zero-order chi connectivity index (χ0) is 13.4. The molecule has 0 saturated heterocycles. The van der Waals surface area contributed by atoms with Gasteiger partial charge in [0, 0.05) is 5.39 Å². The largest absolute Gasteiger partial charge is 0.508 e. The Kier molecular flexibility index (Phi) is 2.49. The van der Waals surface area contributed by atoms with E-state index in [2.05, 4.69) is 0 Å². The van der Waals surface area contributed by atoms with Gasteiger partial charge >= 0.3 is 0 Å². The lowest BCUT2D eigenvalue weighted by atomic mass is 10.0. The summed E-state index contributed by atoms with van der Waals surface area (Å²) < 4.78 is 5.27. The molecule has 0 aliphatic heterocycles. The molecule has 0 fully saturated rings. The van der Waals surface area contributed by atoms with Gasteiger partial charge in [-0.15, -0.1) is 0 Å². The minimum Gasteiger partial charge on any atom is -0.508 e. The average Bonchev–Trinajstić information content (AvgIpc) is 2.81. The van der Waals surface area contributed by atoms with Gasteiger partial charge < -0.3 is 14.6 Å². The van der Waals surface area contributed by atoms with Crippen LogP contribution in [0.25, 0.3) is 11.0 Å². The summed E-state index contributed by atoms with van der Waals surface area (Å²) in [6.07, 6.45) is 1.33. The Morgan fingerprint density at radius 1 is 1.00 bits per heavy atom. The van der Waals surface area contributed by atoms with Crippen LogP contribution in [0.15, 0.2) is 53.1 Å². The number of rotatable bonds is 2. The molecule has 94 valence electrons. The van der Waals surface area contributed by atoms with Crippen LogP contribution in [0.1, 0.15) is 15.9 Å². The first-order valence-corrected chi connectivity index (χ1v) is 5.70. The molecule has 0 aliphatic rings. The third-order valence-electron chi connectivity index (χ3n) is 2.95. The van der Waals surface area contributed by atoms with Crippen LogP contribution in [0.3, 0.4) is 0 Å². The van der Waals surface area contributed by atoms with Gasteiger partial charge in [-0.05, 0) is 30.3 Å². The van der Waals surface area contributed by atoms with Gasteiger partial charge in [0.05, 0.1) is 11.1 Å². The molecule has 0 aliphatic carbocycles. The van der Waals surface area contributed by atoms with E-state index in [1.165, 1.54) is 24.5 Å². The highest BCUT2D eigenvalue weighted by atomic mass is 16.3. The van der Waals surface area contributed by atoms with E-state index in [0.29, 0.717) is 16.5 Å². The molecule has 4 nitrogen and oxygen atoms in total. The molecule has 19 heavy (non-hydrogen) atoms. The van der Waals surface area contributed by atoms with Crippen molar-refractivity contribution in [3.8, 4) is 11.5 Å². The molecule has 2 aromatic carbocycles. The van der Waals surface area contributed by atoms with Gasteiger partial charge in [-0.25, -0.2) is 0 Å². The highest BCUT2D eigenvalue weighted by Crippen LogP contribution is 2.28. The van der Waals surface area contributed by atoms with Gasteiger partial charge in [-0.3, -0.25) is 4.79 Å². The van der Waals surface area contributed by atoms with Gasteiger partial charge in [0.15, 0.2) is 0 Å². The summed E-state index contributed by atoms with van der Waals surface area (Å²) in [7, 11) is 0. The zero-order valence-corrected chi connectivity index (χ0v) is 9.83. The molecule has 1 heterocycles. The third kappa shape index (κ3) is 1.83. The summed E-state index contributed by atoms with van der Waals surface area (Å²) in [5.74, 6) is -0.371. The molecule has 0 saturated carbocycles. The first-order chi connectivity index (χ1) is 9.16. The summed E-state index contributed by atoms with van der Waals surface area (Å²) in [6.45, 7) is 0. The lowest BCUT2D eigenvalue weighted by Crippen LogP contribution is -2.00. The van der Waals surface area contributed by atoms with Crippen LogP contribution in [0.5, 0.6) is 11.5 Å². The molecule has 1 aromatic heterocycles. The predicted molar refractivity (Wildman–Crippen MR) is 69.4 cm³/mol. The van der Waals surface area contributed by atoms with Crippen molar-refractivity contribution in [2.45, 2.75) is 0 Å². The van der Waals surface area contributed by atoms with Crippen LogP contribution in [-0.2, 0) is 0 Å². The fourth-order valence-corrected chi connectivity index (χ4v) is 2.00. The molecule has 0 bridgehead atoms. The number of aromatic hydroxyl groups is 2. The summed E-state index contributed by atoms with van der Waals surface area (Å²) in [5.41, 5.74) is 1.03. The maximum absolute atomic E-state index is 12.4. The van der Waals surface area contributed by atoms with Crippen molar-refractivity contribution in [3.05, 3.63) is 59.9 Å². The lowest BCUT2D eigenvalue weighted by Gasteiger charge is -2.01. The van der Waals surface area contributed by atoms with Crippen molar-refractivity contribution in [2.24, 2.45) is 0 Å². The standard InChI is InChI=1S/C15H10O4/c16-9-5-6-14-11(7-9)12(8-19-14)15(18)10-3-1-2-4-13(10)17/h1-8,16-17H. The smallest absolute Gasteiger partial charge is 0.200 e. The van der Waals surface area contributed by atoms with Crippen LogP contribution in [0.4, 0.5) is 0 Å². The number of hydrogen-bond donors (Lipinski definition) is 2. The van der Waals surface area contributed by atoms with Crippen molar-refractivity contribution >= 4 is 16.8 Å². The molecular weight excluding hydrogens is 244 g/mol. The Hall–Kier alpha value is -2.75. The van der Waals surface area contributed by atoms with E-state index in [4.69, 9.17) is 4.42 Å². The number of phenolic OH excluding ortho intramolecular Hbond substituents is 2. The van der Waals surface area contributed by atoms with Crippen LogP contribution in [0.2, 0.25) is 0 Å². The second-order valence-electron chi connectivity index (χ2n) is 4.18. The maximum Gasteiger partial charge on any atom is 0.200 e. The average molecular weight is 254 g/mol. The second kappa shape index (κ2) is 4.17. The third-order valence-corrected chi connectivity index (χ3v) is 2.95. The van der Waals surface area contributed by atoms with Crippen molar-refractivity contribution in [1.82, 2.24) is 0 Å². The van der Waals surface area contributed by atoms with Crippen LogP contribution in [0, 0.1) is 0 Å². The Balaban J connectivity index is 2.17. The first-order valence-electron chi connectivity index (χ1n) is 5.70. The van der Waals surface area contributed by atoms with E-state index in [1.54, 1.807) is 24.3 Å². The fraction of sp³-hybridized carbons (Fsp3) is 0. The molecule has 2 N–H and O–H groups in total. The summed E-state index contributed by atoms with van der Waals surface area (Å²) in [4.78, 5) is 12.4. The van der Waals surface area contributed by atoms with Crippen molar-refractivity contribution < 1.29 is 19.4 Å². The molecule has 0 unspecified atom stereocenters. The highest BCUT2D eigenvalue weighted by molar-refractivity contribution is 6.17. The fourth-order valence-electron chi connectivity index (χ4n) is 2.00. The lowest BCUT2D eigenvalue weighted by molar-refractivity contribution is 0.103. The minimum atomic E-state index is -0.345. The monoisotopic (exact) mass is 254 g/mol. The Labute approximate surface area is 108 Å². The van der Waals surface area contributed by atoms with Gasteiger partial charge in [-0.2, -0.15) is 0 Å². The number of fused-ring (bicyclic) bond motifs is 1. The van der Waals surface area contributed by atoms with E-state index < -0.39 is 0 Å². The molecule has 0 amide bonds. The Morgan fingerprint density at radius 3 is 2.58 bits per heavy atom. The van der Waals surface area contributed by atoms with Gasteiger partial charge in [0.25, 0.3) is 0 Å². The SMILES string of the molecule is O=C(c1ccccc1O)c1coc2ccc(O)cc12. The minimum absolute atomic E-state index is 0.0558. The number of hydrogen-bond acceptors (Lipinski definition) is 4. The zero-order valence-electron chi connectivity index (χ0n) is 9.83. The van der Waals surface area contributed by atoms with E-state index in [9.17, 15) is 15.0 Å². The van der Waals surface area contributed by atoms with Crippen molar-refractivity contribution in [3.63, 3.8) is 0 Å². The van der Waals surface area contributed by atoms with E-state index in [1.807, 2.05) is 0 Å². The first kappa shape index (κ1) is 11.3. The van der Waals surface area contributed by atoms with Crippen LogP contribution >= 0.6 is 0 Å². The number of benzene rings is 2. The molecule has 4 heteroatoms. The second-order valence-corrected chi connectivity index (χ2v) is 4.18. The highest BCUT2D eigenvalue weighted by Gasteiger charge is 2.18. The van der Waals surface area contributed by atoms with Crippen molar-refractivity contribution in [1.29, 1.82) is 0 Å². The van der Waals surface area contributed by atoms with Crippen LogP contribution in [-0.4, -0.2) is 16.0 Å². The molecule has 0 spiro atoms. The van der Waals surface area contributed by atoms with Crippen molar-refractivity contribution in [2.75, 3.05) is 0 Å². The quantitative estimate of drug-likeness (QED) is 0.689. The summed E-state index contributed by atoms with van der Waals surface area (Å²) >= 11 is 0. The Morgan fingerprint density at radius 2 is 1.79 bits per heavy atom. The number of carbonyl (C=O) groups excluding carboxylic acids is 1. The van der Waals surface area contributed by atoms with Crippen LogP contribution < -0.4 is 0 Å². The molecular formula is C15H10O4. The molecule has 3 aromatic rings. The number of carbonyl (C=O) groups is 1. The van der Waals surface area contributed by atoms with Gasteiger partial charge in [0.1, 0.15) is 23.3 Å². The van der Waals surface area contributed by atoms with E-state index in [-0.39, 0.29) is 22.8 Å².